The third-order valence-corrected chi connectivity index (χ3v) is 3.03. The molecule has 0 aliphatic rings. The van der Waals surface area contributed by atoms with Gasteiger partial charge in [0.1, 0.15) is 0 Å². The maximum Gasteiger partial charge on any atom is 0.0325 e. The van der Waals surface area contributed by atoms with Crippen LogP contribution in [0.4, 0.5) is 0 Å². The Morgan fingerprint density at radius 1 is 1.38 bits per heavy atom. The Labute approximate surface area is 85.2 Å². The molecule has 0 bridgehead atoms. The number of hydrogen-bond donors (Lipinski definition) is 1. The van der Waals surface area contributed by atoms with Crippen LogP contribution in [0.5, 0.6) is 0 Å². The Bertz CT molecular complexity index is 216. The molecule has 0 saturated heterocycles. The predicted molar refractivity (Wildman–Crippen MR) is 60.2 cm³/mol. The summed E-state index contributed by atoms with van der Waals surface area (Å²) in [7, 11) is 2.04. The molecule has 1 rings (SSSR count). The summed E-state index contributed by atoms with van der Waals surface area (Å²) in [6.45, 7) is 4.56. The normalized spacial score (nSPS) is 13.5. The molecule has 13 heavy (non-hydrogen) atoms. The fourth-order valence-corrected chi connectivity index (χ4v) is 2.17. The summed E-state index contributed by atoms with van der Waals surface area (Å²) in [6, 6.07) is 2.76. The zero-order valence-corrected chi connectivity index (χ0v) is 9.53. The van der Waals surface area contributed by atoms with Crippen molar-refractivity contribution >= 4 is 11.3 Å². The van der Waals surface area contributed by atoms with Crippen LogP contribution in [0, 0.1) is 5.92 Å². The number of hydrogen-bond acceptors (Lipinski definition) is 2. The molecule has 1 aromatic heterocycles. The van der Waals surface area contributed by atoms with E-state index >= 15 is 0 Å². The highest BCUT2D eigenvalue weighted by atomic mass is 32.1. The van der Waals surface area contributed by atoms with Gasteiger partial charge < -0.3 is 5.32 Å². The largest absolute Gasteiger partial charge is 0.313 e. The van der Waals surface area contributed by atoms with Crippen LogP contribution in [0.15, 0.2) is 16.8 Å². The molecule has 0 saturated carbocycles. The minimum atomic E-state index is 0.550. The van der Waals surface area contributed by atoms with Crippen molar-refractivity contribution in [3.05, 3.63) is 22.4 Å². The van der Waals surface area contributed by atoms with Gasteiger partial charge in [-0.1, -0.05) is 13.8 Å². The Morgan fingerprint density at radius 3 is 2.62 bits per heavy atom. The van der Waals surface area contributed by atoms with Crippen LogP contribution in [0.2, 0.25) is 0 Å². The highest BCUT2D eigenvalue weighted by Crippen LogP contribution is 2.22. The molecule has 0 aliphatic carbocycles. The van der Waals surface area contributed by atoms with Crippen LogP contribution in [0.3, 0.4) is 0 Å². The van der Waals surface area contributed by atoms with E-state index in [1.54, 1.807) is 11.3 Å². The summed E-state index contributed by atoms with van der Waals surface area (Å²) in [5.41, 5.74) is 1.44. The molecule has 0 aromatic carbocycles. The van der Waals surface area contributed by atoms with Gasteiger partial charge in [-0.05, 0) is 48.2 Å². The molecule has 74 valence electrons. The third kappa shape index (κ3) is 3.49. The van der Waals surface area contributed by atoms with E-state index in [2.05, 4.69) is 36.0 Å². The lowest BCUT2D eigenvalue weighted by Crippen LogP contribution is -2.16. The van der Waals surface area contributed by atoms with Crippen molar-refractivity contribution in [3.63, 3.8) is 0 Å². The molecule has 1 heterocycles. The molecule has 0 amide bonds. The summed E-state index contributed by atoms with van der Waals surface area (Å²) in [5.74, 6) is 0.800. The van der Waals surface area contributed by atoms with Crippen molar-refractivity contribution in [2.24, 2.45) is 5.92 Å². The van der Waals surface area contributed by atoms with Crippen LogP contribution < -0.4 is 5.32 Å². The van der Waals surface area contributed by atoms with Gasteiger partial charge in [-0.15, -0.1) is 0 Å². The molecule has 1 atom stereocenters. The molecule has 0 spiro atoms. The number of nitrogens with one attached hydrogen (secondary N) is 1. The van der Waals surface area contributed by atoms with Crippen LogP contribution >= 0.6 is 11.3 Å². The lowest BCUT2D eigenvalue weighted by Gasteiger charge is -2.15. The molecule has 0 aliphatic heterocycles. The average Bonchev–Trinajstić information content (AvgIpc) is 2.58. The molecule has 0 fully saturated rings. The van der Waals surface area contributed by atoms with E-state index in [1.165, 1.54) is 18.4 Å². The fraction of sp³-hybridized carbons (Fsp3) is 0.636. The van der Waals surface area contributed by atoms with Crippen LogP contribution in [-0.2, 0) is 0 Å². The quantitative estimate of drug-likeness (QED) is 0.762. The van der Waals surface area contributed by atoms with Crippen molar-refractivity contribution in [3.8, 4) is 0 Å². The highest BCUT2D eigenvalue weighted by molar-refractivity contribution is 7.07. The van der Waals surface area contributed by atoms with Crippen molar-refractivity contribution in [2.45, 2.75) is 32.7 Å². The van der Waals surface area contributed by atoms with Gasteiger partial charge in [0.15, 0.2) is 0 Å². The molecule has 1 nitrogen and oxygen atoms in total. The zero-order chi connectivity index (χ0) is 9.68. The van der Waals surface area contributed by atoms with Gasteiger partial charge in [0.25, 0.3) is 0 Å². The molecule has 0 radical (unpaired) electrons. The van der Waals surface area contributed by atoms with E-state index < -0.39 is 0 Å². The fourth-order valence-electron chi connectivity index (χ4n) is 1.45. The third-order valence-electron chi connectivity index (χ3n) is 2.33. The monoisotopic (exact) mass is 197 g/mol. The second-order valence-corrected chi connectivity index (χ2v) is 4.65. The van der Waals surface area contributed by atoms with Crippen LogP contribution in [0.25, 0.3) is 0 Å². The van der Waals surface area contributed by atoms with E-state index in [9.17, 15) is 0 Å². The van der Waals surface area contributed by atoms with Gasteiger partial charge in [-0.3, -0.25) is 0 Å². The Morgan fingerprint density at radius 2 is 2.15 bits per heavy atom. The van der Waals surface area contributed by atoms with Crippen molar-refractivity contribution < 1.29 is 0 Å². The van der Waals surface area contributed by atoms with Gasteiger partial charge in [-0.25, -0.2) is 0 Å². The van der Waals surface area contributed by atoms with Gasteiger partial charge in [0, 0.05) is 6.04 Å². The second-order valence-electron chi connectivity index (χ2n) is 3.87. The lowest BCUT2D eigenvalue weighted by atomic mass is 10.00. The average molecular weight is 197 g/mol. The Balaban J connectivity index is 2.44. The first-order valence-electron chi connectivity index (χ1n) is 4.93. The smallest absolute Gasteiger partial charge is 0.0325 e. The summed E-state index contributed by atoms with van der Waals surface area (Å²) >= 11 is 1.78. The van der Waals surface area contributed by atoms with Gasteiger partial charge in [-0.2, -0.15) is 11.3 Å². The summed E-state index contributed by atoms with van der Waals surface area (Å²) in [4.78, 5) is 0. The van der Waals surface area contributed by atoms with Crippen molar-refractivity contribution in [1.82, 2.24) is 5.32 Å². The van der Waals surface area contributed by atoms with Gasteiger partial charge in [0.2, 0.25) is 0 Å². The molecular formula is C11H19NS. The lowest BCUT2D eigenvalue weighted by molar-refractivity contribution is 0.466. The van der Waals surface area contributed by atoms with E-state index in [0.29, 0.717) is 6.04 Å². The Kier molecular flexibility index (Phi) is 4.46. The molecule has 2 heteroatoms. The highest BCUT2D eigenvalue weighted by Gasteiger charge is 2.09. The van der Waals surface area contributed by atoms with Crippen molar-refractivity contribution in [2.75, 3.05) is 7.05 Å². The predicted octanol–water partition coefficient (Wildman–Crippen LogP) is 3.44. The minimum absolute atomic E-state index is 0.550. The molecular weight excluding hydrogens is 178 g/mol. The first-order chi connectivity index (χ1) is 6.24. The summed E-state index contributed by atoms with van der Waals surface area (Å²) < 4.78 is 0. The van der Waals surface area contributed by atoms with Crippen LogP contribution in [0.1, 0.15) is 38.3 Å². The SMILES string of the molecule is CNC(CCC(C)C)c1ccsc1. The summed E-state index contributed by atoms with van der Waals surface area (Å²) in [5, 5.41) is 7.75. The van der Waals surface area contributed by atoms with E-state index in [1.807, 2.05) is 7.05 Å². The number of rotatable bonds is 5. The zero-order valence-electron chi connectivity index (χ0n) is 8.71. The standard InChI is InChI=1S/C11H19NS/c1-9(2)4-5-11(12-3)10-6-7-13-8-10/h6-9,11-12H,4-5H2,1-3H3. The van der Waals surface area contributed by atoms with E-state index in [4.69, 9.17) is 0 Å². The maximum absolute atomic E-state index is 3.37. The first kappa shape index (κ1) is 10.7. The topological polar surface area (TPSA) is 12.0 Å². The van der Waals surface area contributed by atoms with Crippen LogP contribution in [-0.4, -0.2) is 7.05 Å². The number of thiophene rings is 1. The minimum Gasteiger partial charge on any atom is -0.313 e. The maximum atomic E-state index is 3.37. The molecule has 1 unspecified atom stereocenters. The van der Waals surface area contributed by atoms with Gasteiger partial charge >= 0.3 is 0 Å². The molecule has 1 N–H and O–H groups in total. The van der Waals surface area contributed by atoms with E-state index in [0.717, 1.165) is 5.92 Å². The van der Waals surface area contributed by atoms with Gasteiger partial charge in [0.05, 0.1) is 0 Å². The van der Waals surface area contributed by atoms with Crippen molar-refractivity contribution in [1.29, 1.82) is 0 Å². The first-order valence-corrected chi connectivity index (χ1v) is 5.87. The Hall–Kier alpha value is -0.340. The summed E-state index contributed by atoms with van der Waals surface area (Å²) in [6.07, 6.45) is 2.53. The van der Waals surface area contributed by atoms with E-state index in [-0.39, 0.29) is 0 Å². The second kappa shape index (κ2) is 5.40. The molecule has 1 aromatic rings.